The summed E-state index contributed by atoms with van der Waals surface area (Å²) in [5.41, 5.74) is -0.181. The molecule has 0 atom stereocenters. The van der Waals surface area contributed by atoms with Crippen molar-refractivity contribution in [1.29, 1.82) is 0 Å². The molecule has 0 radical (unpaired) electrons. The second-order valence-electron chi connectivity index (χ2n) is 3.78. The van der Waals surface area contributed by atoms with Crippen LogP contribution < -0.4 is 5.32 Å². The van der Waals surface area contributed by atoms with Gasteiger partial charge in [0, 0.05) is 10.7 Å². The highest BCUT2D eigenvalue weighted by molar-refractivity contribution is 9.10. The third-order valence-electron chi connectivity index (χ3n) is 2.43. The van der Waals surface area contributed by atoms with Gasteiger partial charge in [0.25, 0.3) is 5.91 Å². The predicted octanol–water partition coefficient (Wildman–Crippen LogP) is 2.93. The van der Waals surface area contributed by atoms with Gasteiger partial charge in [-0.05, 0) is 46.3 Å². The van der Waals surface area contributed by atoms with Crippen molar-refractivity contribution in [3.63, 3.8) is 0 Å². The first-order valence-electron chi connectivity index (χ1n) is 5.44. The second kappa shape index (κ2) is 5.79. The highest BCUT2D eigenvalue weighted by Gasteiger charge is 2.16. The van der Waals surface area contributed by atoms with Gasteiger partial charge in [-0.1, -0.05) is 0 Å². The number of carbonyl (C=O) groups is 2. The monoisotopic (exact) mass is 338 g/mol. The van der Waals surface area contributed by atoms with E-state index < -0.39 is 17.7 Å². The number of carboxylic acid groups (broad SMARTS) is 1. The fraction of sp³-hybridized carbons (Fsp3) is 0. The molecule has 0 bridgehead atoms. The lowest BCUT2D eigenvalue weighted by atomic mass is 10.2. The van der Waals surface area contributed by atoms with E-state index >= 15 is 0 Å². The summed E-state index contributed by atoms with van der Waals surface area (Å²) < 4.78 is 13.5. The molecule has 1 heterocycles. The first-order chi connectivity index (χ1) is 9.49. The Kier molecular flexibility index (Phi) is 4.09. The Morgan fingerprint density at radius 1 is 1.30 bits per heavy atom. The van der Waals surface area contributed by atoms with Gasteiger partial charge in [0.2, 0.25) is 0 Å². The Bertz CT molecular complexity index is 691. The maximum absolute atomic E-state index is 13.1. The minimum atomic E-state index is -1.26. The van der Waals surface area contributed by atoms with Gasteiger partial charge in [-0.15, -0.1) is 0 Å². The van der Waals surface area contributed by atoms with Crippen LogP contribution in [0, 0.1) is 5.82 Å². The molecule has 2 rings (SSSR count). The van der Waals surface area contributed by atoms with Gasteiger partial charge < -0.3 is 10.4 Å². The van der Waals surface area contributed by atoms with Crippen LogP contribution in [0.5, 0.6) is 0 Å². The van der Waals surface area contributed by atoms with Crippen LogP contribution in [0.15, 0.2) is 41.0 Å². The third-order valence-corrected chi connectivity index (χ3v) is 3.12. The number of carbonyl (C=O) groups excluding carboxylic acids is 1. The SMILES string of the molecule is O=C(Nc1cccnc1C(=O)O)c1cc(F)ccc1Br. The average molecular weight is 339 g/mol. The Labute approximate surface area is 121 Å². The molecule has 20 heavy (non-hydrogen) atoms. The first kappa shape index (κ1) is 14.1. The van der Waals surface area contributed by atoms with E-state index in [9.17, 15) is 14.0 Å². The molecule has 2 N–H and O–H groups in total. The number of nitrogens with one attached hydrogen (secondary N) is 1. The van der Waals surface area contributed by atoms with E-state index in [2.05, 4.69) is 26.2 Å². The number of halogens is 2. The Morgan fingerprint density at radius 2 is 2.05 bits per heavy atom. The molecule has 5 nitrogen and oxygen atoms in total. The van der Waals surface area contributed by atoms with Crippen molar-refractivity contribution in [2.24, 2.45) is 0 Å². The molecule has 102 valence electrons. The van der Waals surface area contributed by atoms with Crippen LogP contribution >= 0.6 is 15.9 Å². The summed E-state index contributed by atoms with van der Waals surface area (Å²) in [5.74, 6) is -2.46. The number of rotatable bonds is 3. The summed E-state index contributed by atoms with van der Waals surface area (Å²) in [5, 5.41) is 11.4. The van der Waals surface area contributed by atoms with Crippen LogP contribution in [0.3, 0.4) is 0 Å². The molecule has 7 heteroatoms. The number of aromatic carboxylic acids is 1. The summed E-state index contributed by atoms with van der Waals surface area (Å²) in [6, 6.07) is 6.54. The van der Waals surface area contributed by atoms with Crippen molar-refractivity contribution in [1.82, 2.24) is 4.98 Å². The summed E-state index contributed by atoms with van der Waals surface area (Å²) in [4.78, 5) is 26.7. The summed E-state index contributed by atoms with van der Waals surface area (Å²) in [7, 11) is 0. The molecule has 0 aliphatic carbocycles. The van der Waals surface area contributed by atoms with E-state index in [4.69, 9.17) is 5.11 Å². The smallest absolute Gasteiger partial charge is 0.356 e. The van der Waals surface area contributed by atoms with Crippen LogP contribution in [0.1, 0.15) is 20.8 Å². The van der Waals surface area contributed by atoms with Crippen molar-refractivity contribution < 1.29 is 19.1 Å². The fourth-order valence-corrected chi connectivity index (χ4v) is 1.96. The van der Waals surface area contributed by atoms with Crippen molar-refractivity contribution in [2.45, 2.75) is 0 Å². The van der Waals surface area contributed by atoms with Crippen molar-refractivity contribution in [3.05, 3.63) is 58.1 Å². The lowest BCUT2D eigenvalue weighted by molar-refractivity contribution is 0.0691. The Morgan fingerprint density at radius 3 is 2.75 bits per heavy atom. The van der Waals surface area contributed by atoms with Gasteiger partial charge in [-0.3, -0.25) is 4.79 Å². The van der Waals surface area contributed by atoms with E-state index in [-0.39, 0.29) is 16.9 Å². The number of aromatic nitrogens is 1. The van der Waals surface area contributed by atoms with E-state index in [1.807, 2.05) is 0 Å². The molecule has 1 aromatic carbocycles. The summed E-state index contributed by atoms with van der Waals surface area (Å²) >= 11 is 3.13. The highest BCUT2D eigenvalue weighted by Crippen LogP contribution is 2.20. The van der Waals surface area contributed by atoms with E-state index in [1.165, 1.54) is 30.5 Å². The lowest BCUT2D eigenvalue weighted by Gasteiger charge is -2.08. The van der Waals surface area contributed by atoms with E-state index in [0.717, 1.165) is 6.07 Å². The zero-order chi connectivity index (χ0) is 14.7. The molecule has 2 aromatic rings. The van der Waals surface area contributed by atoms with E-state index in [0.29, 0.717) is 4.47 Å². The molecule has 1 aromatic heterocycles. The number of anilines is 1. The van der Waals surface area contributed by atoms with Gasteiger partial charge in [-0.25, -0.2) is 14.2 Å². The zero-order valence-electron chi connectivity index (χ0n) is 9.93. The topological polar surface area (TPSA) is 79.3 Å². The van der Waals surface area contributed by atoms with Gasteiger partial charge >= 0.3 is 5.97 Å². The van der Waals surface area contributed by atoms with Crippen LogP contribution in [0.2, 0.25) is 0 Å². The average Bonchev–Trinajstić information content (AvgIpc) is 2.41. The largest absolute Gasteiger partial charge is 0.476 e. The quantitative estimate of drug-likeness (QED) is 0.901. The number of pyridine rings is 1. The van der Waals surface area contributed by atoms with Crippen molar-refractivity contribution in [2.75, 3.05) is 5.32 Å². The number of hydrogen-bond acceptors (Lipinski definition) is 3. The molecular formula is C13H8BrFN2O3. The van der Waals surface area contributed by atoms with Gasteiger partial charge in [0.1, 0.15) is 5.82 Å². The number of amides is 1. The van der Waals surface area contributed by atoms with Gasteiger partial charge in [0.05, 0.1) is 11.3 Å². The molecule has 0 aliphatic rings. The third kappa shape index (κ3) is 3.00. The molecule has 0 saturated carbocycles. The molecule has 0 spiro atoms. The second-order valence-corrected chi connectivity index (χ2v) is 4.64. The first-order valence-corrected chi connectivity index (χ1v) is 6.23. The van der Waals surface area contributed by atoms with Crippen LogP contribution in [0.4, 0.5) is 10.1 Å². The van der Waals surface area contributed by atoms with Crippen LogP contribution in [-0.2, 0) is 0 Å². The molecule has 0 aliphatic heterocycles. The molecule has 0 unspecified atom stereocenters. The van der Waals surface area contributed by atoms with Crippen LogP contribution in [-0.4, -0.2) is 22.0 Å². The highest BCUT2D eigenvalue weighted by atomic mass is 79.9. The fourth-order valence-electron chi connectivity index (χ4n) is 1.54. The Hall–Kier alpha value is -2.28. The lowest BCUT2D eigenvalue weighted by Crippen LogP contribution is -2.16. The van der Waals surface area contributed by atoms with Gasteiger partial charge in [0.15, 0.2) is 5.69 Å². The van der Waals surface area contributed by atoms with Crippen molar-refractivity contribution in [3.8, 4) is 0 Å². The number of hydrogen-bond donors (Lipinski definition) is 2. The number of nitrogens with zero attached hydrogens (tertiary/aromatic N) is 1. The summed E-state index contributed by atoms with van der Waals surface area (Å²) in [6.07, 6.45) is 1.30. The van der Waals surface area contributed by atoms with Gasteiger partial charge in [-0.2, -0.15) is 0 Å². The molecular weight excluding hydrogens is 331 g/mol. The normalized spacial score (nSPS) is 10.1. The maximum Gasteiger partial charge on any atom is 0.356 e. The van der Waals surface area contributed by atoms with Crippen LogP contribution in [0.25, 0.3) is 0 Å². The molecule has 1 amide bonds. The molecule has 0 saturated heterocycles. The number of benzene rings is 1. The minimum Gasteiger partial charge on any atom is -0.476 e. The number of carboxylic acids is 1. The standard InChI is InChI=1S/C13H8BrFN2O3/c14-9-4-3-7(15)6-8(9)12(18)17-10-2-1-5-16-11(10)13(19)20/h1-6H,(H,17,18)(H,19,20). The minimum absolute atomic E-state index is 0.0427. The van der Waals surface area contributed by atoms with E-state index in [1.54, 1.807) is 0 Å². The maximum atomic E-state index is 13.1. The zero-order valence-corrected chi connectivity index (χ0v) is 11.5. The predicted molar refractivity (Wildman–Crippen MR) is 73.2 cm³/mol. The Balaban J connectivity index is 2.33. The van der Waals surface area contributed by atoms with Crippen molar-refractivity contribution >= 4 is 33.5 Å². The molecule has 0 fully saturated rings. The summed E-state index contributed by atoms with van der Waals surface area (Å²) in [6.45, 7) is 0.